The van der Waals surface area contributed by atoms with Crippen LogP contribution in [0.1, 0.15) is 92.0 Å². The summed E-state index contributed by atoms with van der Waals surface area (Å²) >= 11 is 1.62. The number of rotatable bonds is 7. The minimum atomic E-state index is -0.824. The summed E-state index contributed by atoms with van der Waals surface area (Å²) in [5, 5.41) is 16.4. The molecule has 0 saturated carbocycles. The molecule has 3 amide bonds. The molecule has 41 heavy (non-hydrogen) atoms. The minimum Gasteiger partial charge on any atom is -0.391 e. The van der Waals surface area contributed by atoms with Crippen molar-refractivity contribution >= 4 is 29.1 Å². The summed E-state index contributed by atoms with van der Waals surface area (Å²) in [7, 11) is 0. The summed E-state index contributed by atoms with van der Waals surface area (Å²) in [6.07, 6.45) is -0.381. The van der Waals surface area contributed by atoms with Crippen LogP contribution in [-0.4, -0.2) is 57.4 Å². The molecule has 0 spiro atoms. The Morgan fingerprint density at radius 2 is 1.76 bits per heavy atom. The zero-order valence-electron chi connectivity index (χ0n) is 26.3. The molecule has 1 aliphatic heterocycles. The molecule has 1 aromatic heterocycles. The molecule has 2 aromatic rings. The van der Waals surface area contributed by atoms with Crippen LogP contribution in [-0.2, 0) is 26.3 Å². The van der Waals surface area contributed by atoms with E-state index in [9.17, 15) is 19.5 Å². The smallest absolute Gasteiger partial charge is 0.246 e. The lowest BCUT2D eigenvalue weighted by Crippen LogP contribution is -2.58. The maximum absolute atomic E-state index is 13.8. The van der Waals surface area contributed by atoms with Crippen LogP contribution in [0.2, 0.25) is 0 Å². The molecule has 3 N–H and O–H groups in total. The van der Waals surface area contributed by atoms with Gasteiger partial charge in [-0.2, -0.15) is 0 Å². The van der Waals surface area contributed by atoms with Gasteiger partial charge in [-0.3, -0.25) is 14.4 Å². The Morgan fingerprint density at radius 3 is 2.29 bits per heavy atom. The van der Waals surface area contributed by atoms with Crippen molar-refractivity contribution in [3.8, 4) is 10.4 Å². The summed E-state index contributed by atoms with van der Waals surface area (Å²) in [6.45, 7) is 20.4. The Kier molecular flexibility index (Phi) is 9.75. The summed E-state index contributed by atoms with van der Waals surface area (Å²) in [4.78, 5) is 47.0. The van der Waals surface area contributed by atoms with E-state index < -0.39 is 23.6 Å². The number of benzene rings is 1. The maximum atomic E-state index is 13.8. The first kappa shape index (κ1) is 32.7. The van der Waals surface area contributed by atoms with Crippen molar-refractivity contribution < 1.29 is 19.5 Å². The van der Waals surface area contributed by atoms with E-state index in [1.54, 1.807) is 11.3 Å². The second-order valence-corrected chi connectivity index (χ2v) is 15.5. The van der Waals surface area contributed by atoms with Crippen molar-refractivity contribution in [2.75, 3.05) is 6.54 Å². The normalized spacial score (nSPS) is 18.8. The average molecular weight is 585 g/mol. The summed E-state index contributed by atoms with van der Waals surface area (Å²) in [5.74, 6) is -0.878. The van der Waals surface area contributed by atoms with E-state index in [0.29, 0.717) is 6.54 Å². The fourth-order valence-corrected chi connectivity index (χ4v) is 6.05. The second kappa shape index (κ2) is 12.2. The lowest BCUT2D eigenvalue weighted by molar-refractivity contribution is -0.144. The molecule has 0 unspecified atom stereocenters. The highest BCUT2D eigenvalue weighted by Crippen LogP contribution is 2.37. The molecular weight excluding hydrogens is 536 g/mol. The molecule has 0 radical (unpaired) electrons. The van der Waals surface area contributed by atoms with Crippen LogP contribution < -0.4 is 10.6 Å². The van der Waals surface area contributed by atoms with Crippen LogP contribution in [0.15, 0.2) is 23.7 Å². The summed E-state index contributed by atoms with van der Waals surface area (Å²) in [6, 6.07) is 4.59. The van der Waals surface area contributed by atoms with E-state index in [1.807, 2.05) is 60.0 Å². The highest BCUT2D eigenvalue weighted by Gasteiger charge is 2.44. The van der Waals surface area contributed by atoms with E-state index in [4.69, 9.17) is 0 Å². The number of thiazole rings is 1. The number of aliphatic hydroxyl groups is 1. The molecule has 226 valence electrons. The van der Waals surface area contributed by atoms with Gasteiger partial charge < -0.3 is 20.6 Å². The molecule has 1 saturated heterocycles. The van der Waals surface area contributed by atoms with E-state index in [2.05, 4.69) is 48.5 Å². The average Bonchev–Trinajstić information content (AvgIpc) is 3.43. The molecule has 1 aromatic carbocycles. The molecule has 2 heterocycles. The van der Waals surface area contributed by atoms with E-state index in [-0.39, 0.29) is 47.9 Å². The lowest BCUT2D eigenvalue weighted by atomic mass is 9.82. The molecule has 0 bridgehead atoms. The first-order valence-electron chi connectivity index (χ1n) is 14.4. The highest BCUT2D eigenvalue weighted by atomic mass is 32.1. The third-order valence-corrected chi connectivity index (χ3v) is 8.28. The number of carbonyl (C=O) groups excluding carboxylic acids is 3. The predicted octanol–water partition coefficient (Wildman–Crippen LogP) is 4.96. The summed E-state index contributed by atoms with van der Waals surface area (Å²) in [5.41, 5.74) is 5.18. The second-order valence-electron chi connectivity index (χ2n) is 14.6. The van der Waals surface area contributed by atoms with Crippen LogP contribution in [0.5, 0.6) is 0 Å². The van der Waals surface area contributed by atoms with Crippen molar-refractivity contribution in [2.45, 2.75) is 112 Å². The van der Waals surface area contributed by atoms with Gasteiger partial charge in [-0.15, -0.1) is 11.3 Å². The van der Waals surface area contributed by atoms with Gasteiger partial charge in [-0.05, 0) is 39.9 Å². The van der Waals surface area contributed by atoms with Gasteiger partial charge in [0.2, 0.25) is 17.7 Å². The van der Waals surface area contributed by atoms with Gasteiger partial charge >= 0.3 is 0 Å². The van der Waals surface area contributed by atoms with Crippen molar-refractivity contribution in [1.29, 1.82) is 0 Å². The number of hydrogen-bond donors (Lipinski definition) is 3. The Balaban J connectivity index is 1.78. The van der Waals surface area contributed by atoms with Gasteiger partial charge in [-0.1, -0.05) is 80.5 Å². The lowest BCUT2D eigenvalue weighted by Gasteiger charge is -2.36. The molecule has 8 nitrogen and oxygen atoms in total. The monoisotopic (exact) mass is 584 g/mol. The zero-order valence-corrected chi connectivity index (χ0v) is 27.2. The van der Waals surface area contributed by atoms with Crippen LogP contribution in [0.25, 0.3) is 10.4 Å². The largest absolute Gasteiger partial charge is 0.391 e. The van der Waals surface area contributed by atoms with Gasteiger partial charge in [0.1, 0.15) is 12.1 Å². The van der Waals surface area contributed by atoms with Gasteiger partial charge in [0, 0.05) is 25.9 Å². The first-order chi connectivity index (χ1) is 18.8. The van der Waals surface area contributed by atoms with Crippen LogP contribution in [0.4, 0.5) is 0 Å². The third kappa shape index (κ3) is 8.38. The van der Waals surface area contributed by atoms with Crippen LogP contribution in [0.3, 0.4) is 0 Å². The molecule has 1 aliphatic rings. The van der Waals surface area contributed by atoms with Crippen LogP contribution in [0, 0.1) is 17.8 Å². The molecule has 0 aliphatic carbocycles. The maximum Gasteiger partial charge on any atom is 0.246 e. The number of β-amino-alcohol motifs (C(OH)–C–C–N with tert-alkyl or cyclic N) is 1. The Morgan fingerprint density at radius 1 is 1.10 bits per heavy atom. The van der Waals surface area contributed by atoms with E-state index >= 15 is 0 Å². The number of aliphatic hydroxyl groups excluding tert-OH is 1. The summed E-state index contributed by atoms with van der Waals surface area (Å²) < 4.78 is 0. The number of aryl methyl sites for hydroxylation is 1. The topological polar surface area (TPSA) is 112 Å². The Hall–Kier alpha value is -2.78. The molecule has 9 heteroatoms. The number of likely N-dealkylation sites (tertiary alicyclic amines) is 1. The van der Waals surface area contributed by atoms with Crippen molar-refractivity contribution in [1.82, 2.24) is 20.5 Å². The molecular formula is C32H48N4O4S. The number of nitrogens with zero attached hydrogens (tertiary/aromatic N) is 2. The fraction of sp³-hybridized carbons (Fsp3) is 0.625. The minimum absolute atomic E-state index is 0.0513. The zero-order chi connectivity index (χ0) is 30.9. The van der Waals surface area contributed by atoms with Crippen LogP contribution >= 0.6 is 11.3 Å². The van der Waals surface area contributed by atoms with Gasteiger partial charge in [0.25, 0.3) is 0 Å². The first-order valence-corrected chi connectivity index (χ1v) is 15.3. The number of hydrogen-bond acceptors (Lipinski definition) is 6. The third-order valence-electron chi connectivity index (χ3n) is 7.32. The molecule has 3 atom stereocenters. The number of carbonyl (C=O) groups is 3. The predicted molar refractivity (Wildman–Crippen MR) is 164 cm³/mol. The molecule has 3 rings (SSSR count). The van der Waals surface area contributed by atoms with Crippen molar-refractivity contribution in [2.24, 2.45) is 10.8 Å². The SMILES string of the molecule is Cc1ncsc1-c1ccc(CNC(=O)[C@@H]2C[C@@H](O)CN2C(=O)[C@@H](NC(=O)CC(C)(C)C)C(C)(C)C)cc1C(C)(C)C. The Labute approximate surface area is 249 Å². The molecule has 1 fully saturated rings. The van der Waals surface area contributed by atoms with E-state index in [1.165, 1.54) is 10.5 Å². The van der Waals surface area contributed by atoms with Crippen molar-refractivity contribution in [3.05, 3.63) is 40.5 Å². The fourth-order valence-electron chi connectivity index (χ4n) is 5.20. The van der Waals surface area contributed by atoms with Crippen molar-refractivity contribution in [3.63, 3.8) is 0 Å². The quantitative estimate of drug-likeness (QED) is 0.426. The number of aromatic nitrogens is 1. The van der Waals surface area contributed by atoms with E-state index in [0.717, 1.165) is 21.7 Å². The van der Waals surface area contributed by atoms with Gasteiger partial charge in [0.05, 0.1) is 22.2 Å². The highest BCUT2D eigenvalue weighted by molar-refractivity contribution is 7.13. The van der Waals surface area contributed by atoms with Gasteiger partial charge in [-0.25, -0.2) is 4.98 Å². The Bertz CT molecular complexity index is 1270. The standard InChI is InChI=1S/C32H48N4O4S/c1-19-26(41-18-34-19)22-12-11-20(13-23(22)31(5,6)7)16-33-28(39)24-14-21(37)17-36(24)29(40)27(32(8,9)10)35-25(38)15-30(2,3)4/h11-13,18,21,24,27,37H,14-17H2,1-10H3,(H,33,39)(H,35,38)/t21-,24+,27-/m1/s1. The van der Waals surface area contributed by atoms with Gasteiger partial charge in [0.15, 0.2) is 0 Å². The number of amides is 3. The number of nitrogens with one attached hydrogen (secondary N) is 2.